The van der Waals surface area contributed by atoms with Gasteiger partial charge in [0, 0.05) is 66.5 Å². The highest BCUT2D eigenvalue weighted by molar-refractivity contribution is 5.89. The molecule has 2 unspecified atom stereocenters. The molecule has 2 aromatic heterocycles. The van der Waals surface area contributed by atoms with Gasteiger partial charge in [-0.1, -0.05) is 19.1 Å². The third-order valence-electron chi connectivity index (χ3n) is 7.66. The van der Waals surface area contributed by atoms with Crippen molar-refractivity contribution >= 4 is 16.8 Å². The summed E-state index contributed by atoms with van der Waals surface area (Å²) in [6.45, 7) is 8.16. The molecule has 5 rings (SSSR count). The molecule has 6 heteroatoms. The van der Waals surface area contributed by atoms with Crippen LogP contribution >= 0.6 is 0 Å². The van der Waals surface area contributed by atoms with Crippen LogP contribution in [0.4, 0.5) is 0 Å². The van der Waals surface area contributed by atoms with Gasteiger partial charge >= 0.3 is 0 Å². The van der Waals surface area contributed by atoms with Gasteiger partial charge < -0.3 is 19.8 Å². The lowest BCUT2D eigenvalue weighted by Crippen LogP contribution is -2.51. The summed E-state index contributed by atoms with van der Waals surface area (Å²) in [5.41, 5.74) is 4.24. The summed E-state index contributed by atoms with van der Waals surface area (Å²) >= 11 is 0. The van der Waals surface area contributed by atoms with Gasteiger partial charge in [-0.3, -0.25) is 4.79 Å². The van der Waals surface area contributed by atoms with Crippen molar-refractivity contribution in [3.63, 3.8) is 0 Å². The first-order chi connectivity index (χ1) is 15.4. The fourth-order valence-electron chi connectivity index (χ4n) is 5.93. The maximum atomic E-state index is 13.1. The number of nitrogens with one attached hydrogen (secondary N) is 2. The van der Waals surface area contributed by atoms with E-state index in [-0.39, 0.29) is 11.8 Å². The number of benzene rings is 1. The van der Waals surface area contributed by atoms with Gasteiger partial charge in [0.25, 0.3) is 0 Å². The van der Waals surface area contributed by atoms with Crippen LogP contribution in [0.25, 0.3) is 10.9 Å². The van der Waals surface area contributed by atoms with Gasteiger partial charge in [0.15, 0.2) is 0 Å². The maximum Gasteiger partial charge on any atom is 0.224 e. The fraction of sp³-hybridized carbons (Fsp3) is 0.538. The van der Waals surface area contributed by atoms with Gasteiger partial charge in [0.1, 0.15) is 5.82 Å². The Kier molecular flexibility index (Phi) is 5.58. The minimum Gasteiger partial charge on any atom is -0.356 e. The van der Waals surface area contributed by atoms with Crippen molar-refractivity contribution in [2.24, 2.45) is 5.92 Å². The molecule has 32 heavy (non-hydrogen) atoms. The van der Waals surface area contributed by atoms with E-state index in [1.807, 2.05) is 6.20 Å². The lowest BCUT2D eigenvalue weighted by Gasteiger charge is -2.45. The zero-order valence-electron chi connectivity index (χ0n) is 19.6. The summed E-state index contributed by atoms with van der Waals surface area (Å²) in [5.74, 6) is 1.93. The fourth-order valence-corrected chi connectivity index (χ4v) is 5.93. The first kappa shape index (κ1) is 21.3. The van der Waals surface area contributed by atoms with Crippen LogP contribution in [0, 0.1) is 5.92 Å². The molecular weight excluding hydrogens is 398 g/mol. The van der Waals surface area contributed by atoms with Gasteiger partial charge in [-0.25, -0.2) is 4.98 Å². The van der Waals surface area contributed by atoms with E-state index in [2.05, 4.69) is 77.0 Å². The van der Waals surface area contributed by atoms with Gasteiger partial charge in [-0.15, -0.1) is 0 Å². The van der Waals surface area contributed by atoms with Crippen molar-refractivity contribution in [1.82, 2.24) is 24.8 Å². The predicted molar refractivity (Wildman–Crippen MR) is 128 cm³/mol. The first-order valence-electron chi connectivity index (χ1n) is 12.0. The molecule has 0 bridgehead atoms. The van der Waals surface area contributed by atoms with Crippen LogP contribution in [-0.4, -0.2) is 51.5 Å². The van der Waals surface area contributed by atoms with Crippen LogP contribution in [0.5, 0.6) is 0 Å². The number of rotatable bonds is 6. The zero-order valence-corrected chi connectivity index (χ0v) is 19.6. The van der Waals surface area contributed by atoms with Crippen LogP contribution in [-0.2, 0) is 11.2 Å². The maximum absolute atomic E-state index is 13.1. The minimum atomic E-state index is 0.0316. The number of piperidine rings is 1. The summed E-state index contributed by atoms with van der Waals surface area (Å²) in [6, 6.07) is 7.66. The SMILES string of the molecule is CC(CCNC(=O)C1C[C@@H]2c3cccc4c3c(cn4C(C)C)C[C@H]2N(C)C1)c1ncc[nH]1. The lowest BCUT2D eigenvalue weighted by molar-refractivity contribution is -0.127. The highest BCUT2D eigenvalue weighted by Crippen LogP contribution is 2.45. The van der Waals surface area contributed by atoms with Crippen LogP contribution in [0.2, 0.25) is 0 Å². The second-order valence-corrected chi connectivity index (χ2v) is 10.1. The topological polar surface area (TPSA) is 66.0 Å². The van der Waals surface area contributed by atoms with Crippen molar-refractivity contribution in [2.75, 3.05) is 20.1 Å². The number of nitrogens with zero attached hydrogens (tertiary/aromatic N) is 3. The predicted octanol–water partition coefficient (Wildman–Crippen LogP) is 4.22. The number of imidazole rings is 1. The molecule has 1 amide bonds. The van der Waals surface area contributed by atoms with E-state index in [1.54, 1.807) is 6.20 Å². The second kappa shape index (κ2) is 8.39. The lowest BCUT2D eigenvalue weighted by atomic mass is 9.72. The smallest absolute Gasteiger partial charge is 0.224 e. The Bertz CT molecular complexity index is 1100. The number of carbonyl (C=O) groups excluding carboxylic acids is 1. The summed E-state index contributed by atoms with van der Waals surface area (Å²) in [4.78, 5) is 23.0. The Morgan fingerprint density at radius 2 is 2.16 bits per heavy atom. The van der Waals surface area contributed by atoms with Crippen molar-refractivity contribution in [3.8, 4) is 0 Å². The number of H-pyrrole nitrogens is 1. The Morgan fingerprint density at radius 1 is 1.31 bits per heavy atom. The number of amides is 1. The number of aromatic nitrogens is 3. The molecule has 0 radical (unpaired) electrons. The number of likely N-dealkylation sites (tertiary alicyclic amines) is 1. The molecule has 1 aromatic carbocycles. The molecule has 1 fully saturated rings. The molecule has 0 saturated carbocycles. The summed E-state index contributed by atoms with van der Waals surface area (Å²) in [6.07, 6.45) is 8.89. The van der Waals surface area contributed by atoms with E-state index in [0.717, 1.165) is 31.6 Å². The Morgan fingerprint density at radius 3 is 2.91 bits per heavy atom. The third kappa shape index (κ3) is 3.64. The average Bonchev–Trinajstić information content (AvgIpc) is 3.44. The standard InChI is InChI=1S/C26H35N5O/c1-16(2)31-15-18-13-23-21(20-6-5-7-22(31)24(18)20)12-19(14-30(23)4)26(32)29-9-8-17(3)25-27-10-11-28-25/h5-7,10-11,15-17,19,21,23H,8-9,12-14H2,1-4H3,(H,27,28)(H,29,32)/t17?,19?,21-,23-/m1/s1. The van der Waals surface area contributed by atoms with E-state index in [4.69, 9.17) is 0 Å². The van der Waals surface area contributed by atoms with E-state index in [1.165, 1.54) is 22.0 Å². The molecule has 1 saturated heterocycles. The van der Waals surface area contributed by atoms with Crippen LogP contribution < -0.4 is 5.32 Å². The van der Waals surface area contributed by atoms with Crippen LogP contribution in [0.3, 0.4) is 0 Å². The number of hydrogen-bond donors (Lipinski definition) is 2. The van der Waals surface area contributed by atoms with Crippen LogP contribution in [0.15, 0.2) is 36.8 Å². The number of aromatic amines is 1. The summed E-state index contributed by atoms with van der Waals surface area (Å²) in [5, 5.41) is 4.65. The van der Waals surface area contributed by atoms with Crippen molar-refractivity contribution in [3.05, 3.63) is 53.7 Å². The monoisotopic (exact) mass is 433 g/mol. The highest BCUT2D eigenvalue weighted by atomic mass is 16.1. The average molecular weight is 434 g/mol. The van der Waals surface area contributed by atoms with Gasteiger partial charge in [-0.05, 0) is 57.4 Å². The van der Waals surface area contributed by atoms with Crippen molar-refractivity contribution < 1.29 is 4.79 Å². The molecule has 2 N–H and O–H groups in total. The Balaban J connectivity index is 1.31. The molecule has 170 valence electrons. The van der Waals surface area contributed by atoms with Gasteiger partial charge in [0.2, 0.25) is 5.91 Å². The minimum absolute atomic E-state index is 0.0316. The van der Waals surface area contributed by atoms with Gasteiger partial charge in [-0.2, -0.15) is 0 Å². The molecule has 3 aromatic rings. The number of carbonyl (C=O) groups is 1. The molecule has 6 nitrogen and oxygen atoms in total. The molecular formula is C26H35N5O. The molecule has 4 atom stereocenters. The quantitative estimate of drug-likeness (QED) is 0.612. The van der Waals surface area contributed by atoms with Crippen LogP contribution in [0.1, 0.15) is 68.4 Å². The Labute approximate surface area is 190 Å². The molecule has 2 aliphatic rings. The largest absolute Gasteiger partial charge is 0.356 e. The molecule has 3 heterocycles. The number of hydrogen-bond acceptors (Lipinski definition) is 3. The summed E-state index contributed by atoms with van der Waals surface area (Å²) < 4.78 is 2.41. The van der Waals surface area contributed by atoms with E-state index >= 15 is 0 Å². The molecule has 0 spiro atoms. The third-order valence-corrected chi connectivity index (χ3v) is 7.66. The number of likely N-dealkylation sites (N-methyl/N-ethyl adjacent to an activating group) is 1. The van der Waals surface area contributed by atoms with E-state index in [9.17, 15) is 4.79 Å². The van der Waals surface area contributed by atoms with E-state index < -0.39 is 0 Å². The molecule has 1 aliphatic carbocycles. The Hall–Kier alpha value is -2.60. The molecule has 1 aliphatic heterocycles. The number of fused-ring (bicyclic) bond motifs is 2. The summed E-state index contributed by atoms with van der Waals surface area (Å²) in [7, 11) is 2.20. The van der Waals surface area contributed by atoms with Crippen molar-refractivity contribution in [1.29, 1.82) is 0 Å². The van der Waals surface area contributed by atoms with Crippen molar-refractivity contribution in [2.45, 2.75) is 64.0 Å². The van der Waals surface area contributed by atoms with E-state index in [0.29, 0.717) is 30.5 Å². The van der Waals surface area contributed by atoms with Gasteiger partial charge in [0.05, 0.1) is 5.92 Å². The zero-order chi connectivity index (χ0) is 22.4. The second-order valence-electron chi connectivity index (χ2n) is 10.1. The normalized spacial score (nSPS) is 24.0. The highest BCUT2D eigenvalue weighted by Gasteiger charge is 2.41. The first-order valence-corrected chi connectivity index (χ1v) is 12.0.